The van der Waals surface area contributed by atoms with Crippen molar-refractivity contribution >= 4 is 29.9 Å². The number of nitrogens with zero attached hydrogens (tertiary/aromatic N) is 2. The fourth-order valence-corrected chi connectivity index (χ4v) is 3.08. The van der Waals surface area contributed by atoms with Gasteiger partial charge in [-0.25, -0.2) is 0 Å². The van der Waals surface area contributed by atoms with E-state index in [0.717, 1.165) is 5.69 Å². The molecule has 0 bridgehead atoms. The number of piperidine rings is 1. The standard InChI is InChI=1S/C17H25N3O3.ClH/c1-3-15(20-16(21)9-6-10-17(20)22)19(12-11-18)13-7-4-5-8-14(13)23-2;/h4-5,7-8,15H,3,6,9-12,18H2,1-2H3;1H. The summed E-state index contributed by atoms with van der Waals surface area (Å²) in [7, 11) is 1.61. The summed E-state index contributed by atoms with van der Waals surface area (Å²) in [6.07, 6.45) is 1.77. The SMILES string of the molecule is CCC(N1C(=O)CCCC1=O)N(CCN)c1ccccc1OC.Cl. The second-order valence-electron chi connectivity index (χ2n) is 5.55. The van der Waals surface area contributed by atoms with Crippen LogP contribution in [0.1, 0.15) is 32.6 Å². The molecular formula is C17H26ClN3O3. The number of likely N-dealkylation sites (tertiary alicyclic amines) is 1. The highest BCUT2D eigenvalue weighted by atomic mass is 35.5. The lowest BCUT2D eigenvalue weighted by Gasteiger charge is -2.41. The second-order valence-corrected chi connectivity index (χ2v) is 5.55. The number of para-hydroxylation sites is 2. The monoisotopic (exact) mass is 355 g/mol. The molecule has 1 aromatic rings. The number of rotatable bonds is 7. The van der Waals surface area contributed by atoms with Gasteiger partial charge in [0.1, 0.15) is 11.9 Å². The van der Waals surface area contributed by atoms with Crippen molar-refractivity contribution in [3.05, 3.63) is 24.3 Å². The summed E-state index contributed by atoms with van der Waals surface area (Å²) in [6.45, 7) is 2.93. The minimum atomic E-state index is -0.338. The first-order valence-corrected chi connectivity index (χ1v) is 8.08. The predicted octanol–water partition coefficient (Wildman–Crippen LogP) is 2.16. The van der Waals surface area contributed by atoms with Gasteiger partial charge in [-0.1, -0.05) is 19.1 Å². The molecule has 1 fully saturated rings. The Kier molecular flexibility index (Phi) is 8.01. The topological polar surface area (TPSA) is 75.9 Å². The van der Waals surface area contributed by atoms with Crippen molar-refractivity contribution in [2.24, 2.45) is 5.73 Å². The summed E-state index contributed by atoms with van der Waals surface area (Å²) in [5.41, 5.74) is 6.62. The zero-order chi connectivity index (χ0) is 16.8. The zero-order valence-electron chi connectivity index (χ0n) is 14.2. The summed E-state index contributed by atoms with van der Waals surface area (Å²) in [5.74, 6) is 0.492. The lowest BCUT2D eigenvalue weighted by Crippen LogP contribution is -2.56. The number of halogens is 1. The highest BCUT2D eigenvalue weighted by molar-refractivity contribution is 5.98. The molecule has 1 unspecified atom stereocenters. The third kappa shape index (κ3) is 4.19. The van der Waals surface area contributed by atoms with E-state index in [1.165, 1.54) is 4.90 Å². The molecule has 24 heavy (non-hydrogen) atoms. The lowest BCUT2D eigenvalue weighted by atomic mass is 10.1. The van der Waals surface area contributed by atoms with Gasteiger partial charge in [-0.3, -0.25) is 14.5 Å². The predicted molar refractivity (Wildman–Crippen MR) is 96.4 cm³/mol. The number of methoxy groups -OCH3 is 1. The molecule has 0 saturated carbocycles. The van der Waals surface area contributed by atoms with E-state index in [9.17, 15) is 9.59 Å². The van der Waals surface area contributed by atoms with Crippen LogP contribution in [-0.2, 0) is 9.59 Å². The highest BCUT2D eigenvalue weighted by Crippen LogP contribution is 2.31. The van der Waals surface area contributed by atoms with E-state index in [1.54, 1.807) is 7.11 Å². The Balaban J connectivity index is 0.00000288. The van der Waals surface area contributed by atoms with Gasteiger partial charge in [-0.05, 0) is 25.0 Å². The van der Waals surface area contributed by atoms with Gasteiger partial charge in [0.25, 0.3) is 0 Å². The van der Waals surface area contributed by atoms with E-state index in [2.05, 4.69) is 0 Å². The van der Waals surface area contributed by atoms with Crippen molar-refractivity contribution in [3.8, 4) is 5.75 Å². The Morgan fingerprint density at radius 3 is 2.42 bits per heavy atom. The van der Waals surface area contributed by atoms with Crippen LogP contribution in [0.4, 0.5) is 5.69 Å². The van der Waals surface area contributed by atoms with Gasteiger partial charge in [0, 0.05) is 25.9 Å². The van der Waals surface area contributed by atoms with Crippen molar-refractivity contribution in [2.45, 2.75) is 38.8 Å². The van der Waals surface area contributed by atoms with Gasteiger partial charge in [-0.2, -0.15) is 0 Å². The molecule has 2 amide bonds. The van der Waals surface area contributed by atoms with Crippen LogP contribution in [0.15, 0.2) is 24.3 Å². The number of nitrogens with two attached hydrogens (primary N) is 1. The van der Waals surface area contributed by atoms with Crippen LogP contribution in [0, 0.1) is 0 Å². The quantitative estimate of drug-likeness (QED) is 0.758. The van der Waals surface area contributed by atoms with Crippen molar-refractivity contribution in [1.82, 2.24) is 4.90 Å². The molecule has 6 nitrogen and oxygen atoms in total. The van der Waals surface area contributed by atoms with Gasteiger partial charge in [0.2, 0.25) is 11.8 Å². The van der Waals surface area contributed by atoms with Gasteiger partial charge >= 0.3 is 0 Å². The van der Waals surface area contributed by atoms with Gasteiger partial charge in [0.05, 0.1) is 12.8 Å². The van der Waals surface area contributed by atoms with Crippen LogP contribution in [0.25, 0.3) is 0 Å². The second kappa shape index (κ2) is 9.49. The Morgan fingerprint density at radius 2 is 1.88 bits per heavy atom. The summed E-state index contributed by atoms with van der Waals surface area (Å²) in [4.78, 5) is 28.0. The number of hydrogen-bond acceptors (Lipinski definition) is 5. The minimum absolute atomic E-state index is 0. The van der Waals surface area contributed by atoms with E-state index in [0.29, 0.717) is 44.5 Å². The Labute approximate surface area is 149 Å². The largest absolute Gasteiger partial charge is 0.495 e. The molecular weight excluding hydrogens is 330 g/mol. The first-order chi connectivity index (χ1) is 11.1. The molecule has 0 aliphatic carbocycles. The number of ether oxygens (including phenoxy) is 1. The number of amides is 2. The molecule has 1 aromatic carbocycles. The molecule has 1 aliphatic rings. The van der Waals surface area contributed by atoms with E-state index >= 15 is 0 Å². The Morgan fingerprint density at radius 1 is 1.25 bits per heavy atom. The molecule has 1 atom stereocenters. The van der Waals surface area contributed by atoms with Gasteiger partial charge in [0.15, 0.2) is 0 Å². The maximum atomic E-state index is 12.3. The van der Waals surface area contributed by atoms with Crippen molar-refractivity contribution in [2.75, 3.05) is 25.1 Å². The molecule has 134 valence electrons. The zero-order valence-corrected chi connectivity index (χ0v) is 15.1. The van der Waals surface area contributed by atoms with Crippen molar-refractivity contribution < 1.29 is 14.3 Å². The number of benzene rings is 1. The number of imide groups is 1. The number of anilines is 1. The number of carbonyl (C=O) groups excluding carboxylic acids is 2. The molecule has 7 heteroatoms. The minimum Gasteiger partial charge on any atom is -0.495 e. The van der Waals surface area contributed by atoms with Gasteiger partial charge < -0.3 is 15.4 Å². The summed E-state index contributed by atoms with van der Waals surface area (Å²) in [6, 6.07) is 7.59. The molecule has 0 aromatic heterocycles. The van der Waals surface area contributed by atoms with Crippen LogP contribution < -0.4 is 15.4 Å². The maximum Gasteiger partial charge on any atom is 0.230 e. The number of hydrogen-bond donors (Lipinski definition) is 1. The molecule has 0 spiro atoms. The normalized spacial score (nSPS) is 15.7. The first kappa shape index (κ1) is 20.3. The van der Waals surface area contributed by atoms with Crippen molar-refractivity contribution in [1.29, 1.82) is 0 Å². The van der Waals surface area contributed by atoms with E-state index < -0.39 is 0 Å². The molecule has 2 rings (SSSR count). The van der Waals surface area contributed by atoms with Crippen LogP contribution in [-0.4, -0.2) is 43.1 Å². The van der Waals surface area contributed by atoms with Crippen LogP contribution in [0.3, 0.4) is 0 Å². The molecule has 1 heterocycles. The van der Waals surface area contributed by atoms with Crippen molar-refractivity contribution in [3.63, 3.8) is 0 Å². The Bertz CT molecular complexity index is 552. The number of carbonyl (C=O) groups is 2. The van der Waals surface area contributed by atoms with Crippen LogP contribution in [0.5, 0.6) is 5.75 Å². The molecule has 1 aliphatic heterocycles. The van der Waals surface area contributed by atoms with Gasteiger partial charge in [-0.15, -0.1) is 12.4 Å². The summed E-state index contributed by atoms with van der Waals surface area (Å²) < 4.78 is 5.44. The van der Waals surface area contributed by atoms with E-state index in [4.69, 9.17) is 10.5 Å². The van der Waals surface area contributed by atoms with E-state index in [-0.39, 0.29) is 30.4 Å². The fourth-order valence-electron chi connectivity index (χ4n) is 3.08. The van der Waals surface area contributed by atoms with E-state index in [1.807, 2.05) is 36.1 Å². The van der Waals surface area contributed by atoms with Crippen LogP contribution >= 0.6 is 12.4 Å². The lowest BCUT2D eigenvalue weighted by molar-refractivity contribution is -0.151. The highest BCUT2D eigenvalue weighted by Gasteiger charge is 2.35. The third-order valence-corrected chi connectivity index (χ3v) is 4.11. The van der Waals surface area contributed by atoms with Crippen LogP contribution in [0.2, 0.25) is 0 Å². The third-order valence-electron chi connectivity index (χ3n) is 4.11. The Hall–Kier alpha value is -1.79. The molecule has 1 saturated heterocycles. The molecule has 2 N–H and O–H groups in total. The maximum absolute atomic E-state index is 12.3. The molecule has 0 radical (unpaired) electrons. The first-order valence-electron chi connectivity index (χ1n) is 8.08. The summed E-state index contributed by atoms with van der Waals surface area (Å²) >= 11 is 0. The average Bonchev–Trinajstić information content (AvgIpc) is 2.57. The smallest absolute Gasteiger partial charge is 0.230 e. The average molecular weight is 356 g/mol. The summed E-state index contributed by atoms with van der Waals surface area (Å²) in [5, 5.41) is 0. The fraction of sp³-hybridized carbons (Fsp3) is 0.529.